The Kier molecular flexibility index (Phi) is 3.99. The van der Waals surface area contributed by atoms with Gasteiger partial charge < -0.3 is 19.6 Å². The number of hydrogen-bond donors (Lipinski definition) is 1. The summed E-state index contributed by atoms with van der Waals surface area (Å²) in [5, 5.41) is 8.98. The molecule has 1 unspecified atom stereocenters. The zero-order chi connectivity index (χ0) is 14.0. The van der Waals surface area contributed by atoms with Crippen molar-refractivity contribution in [2.75, 3.05) is 26.2 Å². The summed E-state index contributed by atoms with van der Waals surface area (Å²) in [5.41, 5.74) is -0.353. The summed E-state index contributed by atoms with van der Waals surface area (Å²) in [7, 11) is 0. The fourth-order valence-electron chi connectivity index (χ4n) is 3.02. The molecule has 6 nitrogen and oxygen atoms in total. The van der Waals surface area contributed by atoms with E-state index < -0.39 is 6.09 Å². The number of carbonyl (C=O) groups is 2. The molecule has 19 heavy (non-hydrogen) atoms. The summed E-state index contributed by atoms with van der Waals surface area (Å²) < 4.78 is 6.05. The van der Waals surface area contributed by atoms with Crippen molar-refractivity contribution in [3.05, 3.63) is 0 Å². The lowest BCUT2D eigenvalue weighted by Gasteiger charge is -2.49. The highest BCUT2D eigenvalue weighted by Crippen LogP contribution is 2.32. The molecule has 2 heterocycles. The molecule has 0 saturated carbocycles. The van der Waals surface area contributed by atoms with Crippen LogP contribution in [0.2, 0.25) is 0 Å². The standard InChI is InChI=1S/C13H22N2O4/c1-3-11(16)15-8-10(2)19-13(9-15)4-6-14(7-5-13)12(17)18/h10H,3-9H2,1-2H3,(H,17,18). The number of carbonyl (C=O) groups excluding carboxylic acids is 1. The lowest BCUT2D eigenvalue weighted by molar-refractivity contribution is -0.178. The van der Waals surface area contributed by atoms with Gasteiger partial charge in [0.05, 0.1) is 11.7 Å². The summed E-state index contributed by atoms with van der Waals surface area (Å²) in [6, 6.07) is 0. The second-order valence-corrected chi connectivity index (χ2v) is 5.51. The highest BCUT2D eigenvalue weighted by molar-refractivity contribution is 5.76. The summed E-state index contributed by atoms with van der Waals surface area (Å²) in [4.78, 5) is 26.1. The maximum Gasteiger partial charge on any atom is 0.407 e. The minimum Gasteiger partial charge on any atom is -0.465 e. The highest BCUT2D eigenvalue weighted by Gasteiger charge is 2.43. The van der Waals surface area contributed by atoms with E-state index in [0.717, 1.165) is 0 Å². The van der Waals surface area contributed by atoms with E-state index in [1.54, 1.807) is 0 Å². The molecule has 2 amide bonds. The molecular weight excluding hydrogens is 248 g/mol. The Morgan fingerprint density at radius 1 is 1.32 bits per heavy atom. The normalized spacial score (nSPS) is 26.5. The van der Waals surface area contributed by atoms with Crippen molar-refractivity contribution >= 4 is 12.0 Å². The summed E-state index contributed by atoms with van der Waals surface area (Å²) in [6.07, 6.45) is 0.971. The summed E-state index contributed by atoms with van der Waals surface area (Å²) in [5.74, 6) is 0.148. The average molecular weight is 270 g/mol. The van der Waals surface area contributed by atoms with Crippen LogP contribution in [-0.4, -0.2) is 64.8 Å². The molecule has 1 atom stereocenters. The third kappa shape index (κ3) is 3.00. The van der Waals surface area contributed by atoms with E-state index in [1.807, 2.05) is 18.7 Å². The number of carboxylic acid groups (broad SMARTS) is 1. The Morgan fingerprint density at radius 3 is 2.47 bits per heavy atom. The van der Waals surface area contributed by atoms with Crippen LogP contribution >= 0.6 is 0 Å². The first-order chi connectivity index (χ1) is 8.96. The van der Waals surface area contributed by atoms with Gasteiger partial charge in [-0.2, -0.15) is 0 Å². The van der Waals surface area contributed by atoms with Crippen LogP contribution in [-0.2, 0) is 9.53 Å². The van der Waals surface area contributed by atoms with Gasteiger partial charge in [-0.3, -0.25) is 4.79 Å². The van der Waals surface area contributed by atoms with Gasteiger partial charge in [-0.1, -0.05) is 6.92 Å². The Balaban J connectivity index is 2.03. The maximum atomic E-state index is 11.9. The number of ether oxygens (including phenoxy) is 1. The third-order valence-corrected chi connectivity index (χ3v) is 4.01. The molecule has 2 fully saturated rings. The number of hydrogen-bond acceptors (Lipinski definition) is 3. The van der Waals surface area contributed by atoms with Crippen molar-refractivity contribution in [1.29, 1.82) is 0 Å². The van der Waals surface area contributed by atoms with Gasteiger partial charge in [0.1, 0.15) is 0 Å². The molecule has 2 aliphatic rings. The molecule has 0 bridgehead atoms. The molecule has 6 heteroatoms. The summed E-state index contributed by atoms with van der Waals surface area (Å²) >= 11 is 0. The number of nitrogens with zero attached hydrogens (tertiary/aromatic N) is 2. The van der Waals surface area contributed by atoms with Crippen molar-refractivity contribution in [2.24, 2.45) is 0 Å². The SMILES string of the molecule is CCC(=O)N1CC(C)OC2(CCN(C(=O)O)CC2)C1. The van der Waals surface area contributed by atoms with E-state index in [-0.39, 0.29) is 17.6 Å². The van der Waals surface area contributed by atoms with Gasteiger partial charge in [-0.15, -0.1) is 0 Å². The minimum absolute atomic E-state index is 0.0145. The van der Waals surface area contributed by atoms with Crippen LogP contribution in [0.5, 0.6) is 0 Å². The molecule has 0 aromatic heterocycles. The number of piperidine rings is 1. The van der Waals surface area contributed by atoms with Gasteiger partial charge in [-0.25, -0.2) is 4.79 Å². The van der Waals surface area contributed by atoms with Gasteiger partial charge in [0, 0.05) is 32.6 Å². The van der Waals surface area contributed by atoms with Crippen LogP contribution in [0.15, 0.2) is 0 Å². The van der Waals surface area contributed by atoms with Crippen molar-refractivity contribution < 1.29 is 19.4 Å². The molecule has 2 rings (SSSR count). The van der Waals surface area contributed by atoms with Crippen LogP contribution in [0.1, 0.15) is 33.1 Å². The van der Waals surface area contributed by atoms with Crippen molar-refractivity contribution in [2.45, 2.75) is 44.8 Å². The maximum absolute atomic E-state index is 11.9. The molecule has 2 aliphatic heterocycles. The monoisotopic (exact) mass is 270 g/mol. The predicted molar refractivity (Wildman–Crippen MR) is 69.0 cm³/mol. The molecule has 0 aromatic carbocycles. The molecule has 0 aliphatic carbocycles. The van der Waals surface area contributed by atoms with Crippen LogP contribution in [0, 0.1) is 0 Å². The Bertz CT molecular complexity index is 364. The first-order valence-electron chi connectivity index (χ1n) is 6.89. The van der Waals surface area contributed by atoms with Crippen molar-refractivity contribution in [3.8, 4) is 0 Å². The van der Waals surface area contributed by atoms with Crippen molar-refractivity contribution in [1.82, 2.24) is 9.80 Å². The van der Waals surface area contributed by atoms with E-state index in [4.69, 9.17) is 9.84 Å². The first kappa shape index (κ1) is 14.1. The van der Waals surface area contributed by atoms with E-state index >= 15 is 0 Å². The Morgan fingerprint density at radius 2 is 1.95 bits per heavy atom. The minimum atomic E-state index is -0.875. The zero-order valence-corrected chi connectivity index (χ0v) is 11.6. The third-order valence-electron chi connectivity index (χ3n) is 4.01. The molecule has 2 saturated heterocycles. The van der Waals surface area contributed by atoms with E-state index in [2.05, 4.69) is 0 Å². The number of amides is 2. The fourth-order valence-corrected chi connectivity index (χ4v) is 3.02. The molecule has 1 spiro atoms. The molecule has 1 N–H and O–H groups in total. The quantitative estimate of drug-likeness (QED) is 0.776. The second kappa shape index (κ2) is 5.36. The average Bonchev–Trinajstić information content (AvgIpc) is 2.37. The highest BCUT2D eigenvalue weighted by atomic mass is 16.5. The van der Waals surface area contributed by atoms with Crippen molar-refractivity contribution in [3.63, 3.8) is 0 Å². The van der Waals surface area contributed by atoms with Gasteiger partial charge in [0.15, 0.2) is 0 Å². The lowest BCUT2D eigenvalue weighted by atomic mass is 9.88. The van der Waals surface area contributed by atoms with E-state index in [0.29, 0.717) is 45.4 Å². The fraction of sp³-hybridized carbons (Fsp3) is 0.846. The summed E-state index contributed by atoms with van der Waals surface area (Å²) in [6.45, 7) is 6.03. The molecular formula is C13H22N2O4. The number of rotatable bonds is 1. The predicted octanol–water partition coefficient (Wildman–Crippen LogP) is 1.16. The van der Waals surface area contributed by atoms with Crippen LogP contribution in [0.3, 0.4) is 0 Å². The van der Waals surface area contributed by atoms with E-state index in [1.165, 1.54) is 4.90 Å². The first-order valence-corrected chi connectivity index (χ1v) is 6.89. The second-order valence-electron chi connectivity index (χ2n) is 5.51. The van der Waals surface area contributed by atoms with Gasteiger partial charge in [-0.05, 0) is 19.8 Å². The van der Waals surface area contributed by atoms with Gasteiger partial charge in [0.2, 0.25) is 5.91 Å². The van der Waals surface area contributed by atoms with E-state index in [9.17, 15) is 9.59 Å². The topological polar surface area (TPSA) is 70.1 Å². The smallest absolute Gasteiger partial charge is 0.407 e. The molecule has 0 radical (unpaired) electrons. The Labute approximate surface area is 113 Å². The van der Waals surface area contributed by atoms with Gasteiger partial charge in [0.25, 0.3) is 0 Å². The van der Waals surface area contributed by atoms with Gasteiger partial charge >= 0.3 is 6.09 Å². The van der Waals surface area contributed by atoms with Crippen LogP contribution in [0.25, 0.3) is 0 Å². The Hall–Kier alpha value is -1.30. The lowest BCUT2D eigenvalue weighted by Crippen LogP contribution is -2.60. The largest absolute Gasteiger partial charge is 0.465 e. The van der Waals surface area contributed by atoms with Crippen LogP contribution in [0.4, 0.5) is 4.79 Å². The number of morpholine rings is 1. The molecule has 0 aromatic rings. The molecule has 108 valence electrons. The van der Waals surface area contributed by atoms with Crippen LogP contribution < -0.4 is 0 Å². The zero-order valence-electron chi connectivity index (χ0n) is 11.6. The number of likely N-dealkylation sites (tertiary alicyclic amines) is 1.